The SMILES string of the molecule is Nc1nc2c(s1)CC(NC(=O)c1cc(Br)c(Br)[nH]1)CC2. The zero-order chi connectivity index (χ0) is 14.3. The van der Waals surface area contributed by atoms with Crippen LogP contribution in [0.5, 0.6) is 0 Å². The van der Waals surface area contributed by atoms with E-state index in [0.717, 1.165) is 34.0 Å². The van der Waals surface area contributed by atoms with E-state index in [0.29, 0.717) is 10.8 Å². The second-order valence-corrected chi connectivity index (χ2v) is 7.44. The Labute approximate surface area is 136 Å². The number of aromatic amines is 1. The number of halogens is 2. The van der Waals surface area contributed by atoms with Gasteiger partial charge < -0.3 is 16.0 Å². The average Bonchev–Trinajstić information content (AvgIpc) is 2.91. The fraction of sp³-hybridized carbons (Fsp3) is 0.333. The Morgan fingerprint density at radius 3 is 3.05 bits per heavy atom. The molecule has 1 aliphatic carbocycles. The number of nitrogens with zero attached hydrogens (tertiary/aromatic N) is 1. The van der Waals surface area contributed by atoms with Gasteiger partial charge in [0, 0.05) is 17.3 Å². The zero-order valence-electron chi connectivity index (χ0n) is 10.4. The number of nitrogens with one attached hydrogen (secondary N) is 2. The second-order valence-electron chi connectivity index (χ2n) is 4.68. The van der Waals surface area contributed by atoms with Crippen LogP contribution < -0.4 is 11.1 Å². The first-order valence-corrected chi connectivity index (χ1v) is 8.52. The summed E-state index contributed by atoms with van der Waals surface area (Å²) in [7, 11) is 0. The van der Waals surface area contributed by atoms with Gasteiger partial charge in [0.15, 0.2) is 5.13 Å². The lowest BCUT2D eigenvalue weighted by molar-refractivity contribution is 0.0929. The minimum atomic E-state index is -0.0951. The molecule has 4 N–H and O–H groups in total. The topological polar surface area (TPSA) is 83.8 Å². The van der Waals surface area contributed by atoms with Crippen molar-refractivity contribution in [2.75, 3.05) is 5.73 Å². The molecule has 2 aromatic rings. The van der Waals surface area contributed by atoms with E-state index in [1.807, 2.05) is 0 Å². The van der Waals surface area contributed by atoms with Gasteiger partial charge in [-0.2, -0.15) is 0 Å². The van der Waals surface area contributed by atoms with E-state index in [4.69, 9.17) is 5.73 Å². The molecule has 0 saturated heterocycles. The van der Waals surface area contributed by atoms with Gasteiger partial charge in [-0.3, -0.25) is 4.79 Å². The summed E-state index contributed by atoms with van der Waals surface area (Å²) >= 11 is 8.20. The molecule has 0 spiro atoms. The van der Waals surface area contributed by atoms with Crippen molar-refractivity contribution in [2.45, 2.75) is 25.3 Å². The van der Waals surface area contributed by atoms with E-state index >= 15 is 0 Å². The Kier molecular flexibility index (Phi) is 3.87. The highest BCUT2D eigenvalue weighted by atomic mass is 79.9. The van der Waals surface area contributed by atoms with Crippen LogP contribution in [0.1, 0.15) is 27.5 Å². The van der Waals surface area contributed by atoms with Crippen molar-refractivity contribution in [3.63, 3.8) is 0 Å². The Hall–Kier alpha value is -0.860. The molecule has 1 amide bonds. The molecular weight excluding hydrogens is 408 g/mol. The molecule has 8 heteroatoms. The molecule has 2 aromatic heterocycles. The van der Waals surface area contributed by atoms with E-state index in [9.17, 15) is 4.79 Å². The van der Waals surface area contributed by atoms with Crippen molar-refractivity contribution < 1.29 is 4.79 Å². The smallest absolute Gasteiger partial charge is 0.267 e. The van der Waals surface area contributed by atoms with Gasteiger partial charge in [0.25, 0.3) is 5.91 Å². The molecule has 0 fully saturated rings. The monoisotopic (exact) mass is 418 g/mol. The third-order valence-corrected chi connectivity index (χ3v) is 5.99. The van der Waals surface area contributed by atoms with Crippen LogP contribution in [0.3, 0.4) is 0 Å². The standard InChI is InChI=1S/C12H12Br2N4OS/c13-6-4-8(17-10(6)14)11(19)16-5-1-2-7-9(3-5)20-12(15)18-7/h4-5,17H,1-3H2,(H2,15,18)(H,16,19). The van der Waals surface area contributed by atoms with Gasteiger partial charge in [0.2, 0.25) is 0 Å². The summed E-state index contributed by atoms with van der Waals surface area (Å²) in [5.41, 5.74) is 7.35. The van der Waals surface area contributed by atoms with E-state index < -0.39 is 0 Å². The van der Waals surface area contributed by atoms with Crippen molar-refractivity contribution in [3.8, 4) is 0 Å². The van der Waals surface area contributed by atoms with Crippen LogP contribution in [0.25, 0.3) is 0 Å². The number of hydrogen-bond acceptors (Lipinski definition) is 4. The fourth-order valence-electron chi connectivity index (χ4n) is 2.31. The van der Waals surface area contributed by atoms with E-state index in [1.54, 1.807) is 6.07 Å². The second kappa shape index (κ2) is 5.50. The Balaban J connectivity index is 1.68. The molecule has 3 rings (SSSR count). The summed E-state index contributed by atoms with van der Waals surface area (Å²) in [6.45, 7) is 0. The lowest BCUT2D eigenvalue weighted by Gasteiger charge is -2.22. The Morgan fingerprint density at radius 2 is 2.35 bits per heavy atom. The molecule has 0 aliphatic heterocycles. The number of amides is 1. The van der Waals surface area contributed by atoms with Crippen LogP contribution in [0.4, 0.5) is 5.13 Å². The Bertz CT molecular complexity index is 647. The van der Waals surface area contributed by atoms with Crippen LogP contribution in [0, 0.1) is 0 Å². The van der Waals surface area contributed by atoms with E-state index in [1.165, 1.54) is 16.2 Å². The normalized spacial score (nSPS) is 17.8. The molecule has 106 valence electrons. The van der Waals surface area contributed by atoms with E-state index in [2.05, 4.69) is 47.1 Å². The molecule has 0 aromatic carbocycles. The van der Waals surface area contributed by atoms with Gasteiger partial charge in [-0.1, -0.05) is 0 Å². The number of hydrogen-bond donors (Lipinski definition) is 3. The first-order valence-electron chi connectivity index (χ1n) is 6.12. The maximum Gasteiger partial charge on any atom is 0.267 e. The van der Waals surface area contributed by atoms with Crippen LogP contribution >= 0.6 is 43.2 Å². The maximum absolute atomic E-state index is 12.2. The predicted molar refractivity (Wildman–Crippen MR) is 86.0 cm³/mol. The number of rotatable bonds is 2. The van der Waals surface area contributed by atoms with Crippen LogP contribution in [-0.4, -0.2) is 21.9 Å². The molecule has 1 aliphatic rings. The highest BCUT2D eigenvalue weighted by Gasteiger charge is 2.24. The number of aryl methyl sites for hydroxylation is 1. The maximum atomic E-state index is 12.2. The summed E-state index contributed by atoms with van der Waals surface area (Å²) in [5, 5.41) is 3.66. The number of thiazole rings is 1. The van der Waals surface area contributed by atoms with Crippen molar-refractivity contribution in [1.82, 2.24) is 15.3 Å². The first kappa shape index (κ1) is 14.1. The lowest BCUT2D eigenvalue weighted by Crippen LogP contribution is -2.38. The van der Waals surface area contributed by atoms with Gasteiger partial charge in [-0.05, 0) is 50.8 Å². The number of nitrogens with two attached hydrogens (primary N) is 1. The molecule has 2 heterocycles. The molecule has 1 unspecified atom stereocenters. The summed E-state index contributed by atoms with van der Waals surface area (Å²) in [4.78, 5) is 20.7. The number of carbonyl (C=O) groups is 1. The van der Waals surface area contributed by atoms with Crippen molar-refractivity contribution >= 4 is 54.2 Å². The van der Waals surface area contributed by atoms with Gasteiger partial charge in [-0.15, -0.1) is 11.3 Å². The highest BCUT2D eigenvalue weighted by Crippen LogP contribution is 2.28. The number of nitrogen functional groups attached to an aromatic ring is 1. The Morgan fingerprint density at radius 1 is 1.55 bits per heavy atom. The van der Waals surface area contributed by atoms with Gasteiger partial charge in [-0.25, -0.2) is 4.98 Å². The molecular formula is C12H12Br2N4OS. The minimum Gasteiger partial charge on any atom is -0.375 e. The summed E-state index contributed by atoms with van der Waals surface area (Å²) in [6, 6.07) is 1.90. The van der Waals surface area contributed by atoms with Crippen molar-refractivity contribution in [3.05, 3.63) is 31.4 Å². The van der Waals surface area contributed by atoms with Crippen LogP contribution in [0.2, 0.25) is 0 Å². The van der Waals surface area contributed by atoms with Gasteiger partial charge in [0.05, 0.1) is 14.8 Å². The molecule has 0 radical (unpaired) electrons. The lowest BCUT2D eigenvalue weighted by atomic mass is 9.97. The number of anilines is 1. The molecule has 0 saturated carbocycles. The predicted octanol–water partition coefficient (Wildman–Crippen LogP) is 2.87. The van der Waals surface area contributed by atoms with Crippen molar-refractivity contribution in [2.24, 2.45) is 0 Å². The molecule has 5 nitrogen and oxygen atoms in total. The van der Waals surface area contributed by atoms with E-state index in [-0.39, 0.29) is 11.9 Å². The summed E-state index contributed by atoms with van der Waals surface area (Å²) < 4.78 is 1.60. The summed E-state index contributed by atoms with van der Waals surface area (Å²) in [6.07, 6.45) is 2.57. The zero-order valence-corrected chi connectivity index (χ0v) is 14.4. The van der Waals surface area contributed by atoms with Crippen molar-refractivity contribution in [1.29, 1.82) is 0 Å². The molecule has 0 bridgehead atoms. The third-order valence-electron chi connectivity index (χ3n) is 3.26. The number of fused-ring (bicyclic) bond motifs is 1. The third kappa shape index (κ3) is 2.77. The molecule has 20 heavy (non-hydrogen) atoms. The largest absolute Gasteiger partial charge is 0.375 e. The molecule has 1 atom stereocenters. The quantitative estimate of drug-likeness (QED) is 0.699. The minimum absolute atomic E-state index is 0.0951. The van der Waals surface area contributed by atoms with Crippen LogP contribution in [-0.2, 0) is 12.8 Å². The van der Waals surface area contributed by atoms with Gasteiger partial charge >= 0.3 is 0 Å². The first-order chi connectivity index (χ1) is 9.52. The summed E-state index contributed by atoms with van der Waals surface area (Å²) in [5.74, 6) is -0.0951. The number of aromatic nitrogens is 2. The van der Waals surface area contributed by atoms with Gasteiger partial charge in [0.1, 0.15) is 5.69 Å². The number of carbonyl (C=O) groups excluding carboxylic acids is 1. The fourth-order valence-corrected chi connectivity index (χ4v) is 3.92. The average molecular weight is 420 g/mol. The highest BCUT2D eigenvalue weighted by molar-refractivity contribution is 9.13. The number of H-pyrrole nitrogens is 1. The van der Waals surface area contributed by atoms with Crippen LogP contribution in [0.15, 0.2) is 15.1 Å².